The van der Waals surface area contributed by atoms with Crippen molar-refractivity contribution in [2.75, 3.05) is 6.54 Å². The van der Waals surface area contributed by atoms with Crippen LogP contribution in [0.2, 0.25) is 0 Å². The molecule has 1 heterocycles. The van der Waals surface area contributed by atoms with E-state index in [4.69, 9.17) is 0 Å². The summed E-state index contributed by atoms with van der Waals surface area (Å²) in [6.45, 7) is 2.12. The van der Waals surface area contributed by atoms with E-state index >= 15 is 0 Å². The van der Waals surface area contributed by atoms with Gasteiger partial charge < -0.3 is 5.32 Å². The topological polar surface area (TPSA) is 24.9 Å². The summed E-state index contributed by atoms with van der Waals surface area (Å²) in [6.07, 6.45) is -2.31. The minimum atomic E-state index is -2.31. The van der Waals surface area contributed by atoms with Crippen molar-refractivity contribution in [3.05, 3.63) is 41.6 Å². The van der Waals surface area contributed by atoms with E-state index in [-0.39, 0.29) is 6.54 Å². The van der Waals surface area contributed by atoms with E-state index in [0.717, 1.165) is 22.2 Å². The third kappa shape index (κ3) is 3.20. The lowest BCUT2D eigenvalue weighted by molar-refractivity contribution is 0.145. The molecule has 1 aromatic heterocycles. The van der Waals surface area contributed by atoms with Gasteiger partial charge in [-0.05, 0) is 30.7 Å². The van der Waals surface area contributed by atoms with Crippen LogP contribution < -0.4 is 5.32 Å². The second-order valence-electron chi connectivity index (χ2n) is 4.00. The molecular weight excluding hydrogens is 222 g/mol. The Morgan fingerprint density at radius 2 is 2.06 bits per heavy atom. The molecule has 0 fully saturated rings. The molecular formula is C13H14F2N2. The van der Waals surface area contributed by atoms with Gasteiger partial charge in [-0.1, -0.05) is 12.1 Å². The van der Waals surface area contributed by atoms with Crippen molar-refractivity contribution in [2.45, 2.75) is 19.9 Å². The standard InChI is InChI=1S/C13H14F2N2/c1-9-2-4-11-6-10(3-5-12(11)17-9)7-16-8-13(14)15/h2-6,13,16H,7-8H2,1H3. The molecule has 1 N–H and O–H groups in total. The van der Waals surface area contributed by atoms with Gasteiger partial charge in [0, 0.05) is 17.6 Å². The predicted molar refractivity (Wildman–Crippen MR) is 64.2 cm³/mol. The van der Waals surface area contributed by atoms with Gasteiger partial charge in [-0.15, -0.1) is 0 Å². The Kier molecular flexibility index (Phi) is 3.64. The Morgan fingerprint density at radius 3 is 2.82 bits per heavy atom. The molecule has 0 amide bonds. The average molecular weight is 236 g/mol. The lowest BCUT2D eigenvalue weighted by Crippen LogP contribution is -2.20. The molecule has 0 aliphatic rings. The first-order valence-corrected chi connectivity index (χ1v) is 5.50. The number of benzene rings is 1. The molecule has 17 heavy (non-hydrogen) atoms. The Balaban J connectivity index is 2.12. The van der Waals surface area contributed by atoms with Gasteiger partial charge in [0.25, 0.3) is 6.43 Å². The molecule has 0 aliphatic heterocycles. The van der Waals surface area contributed by atoms with Crippen LogP contribution in [-0.4, -0.2) is 18.0 Å². The summed E-state index contributed by atoms with van der Waals surface area (Å²) < 4.78 is 23.9. The normalized spacial score (nSPS) is 11.3. The van der Waals surface area contributed by atoms with Crippen molar-refractivity contribution < 1.29 is 8.78 Å². The molecule has 2 rings (SSSR count). The van der Waals surface area contributed by atoms with Gasteiger partial charge >= 0.3 is 0 Å². The number of hydrogen-bond acceptors (Lipinski definition) is 2. The van der Waals surface area contributed by atoms with Crippen molar-refractivity contribution in [1.29, 1.82) is 0 Å². The number of hydrogen-bond donors (Lipinski definition) is 1. The van der Waals surface area contributed by atoms with Crippen molar-refractivity contribution in [2.24, 2.45) is 0 Å². The van der Waals surface area contributed by atoms with Crippen LogP contribution in [0.4, 0.5) is 8.78 Å². The molecule has 0 bridgehead atoms. The van der Waals surface area contributed by atoms with Crippen LogP contribution in [0.25, 0.3) is 10.9 Å². The lowest BCUT2D eigenvalue weighted by atomic mass is 10.1. The monoisotopic (exact) mass is 236 g/mol. The van der Waals surface area contributed by atoms with E-state index in [1.165, 1.54) is 0 Å². The highest BCUT2D eigenvalue weighted by molar-refractivity contribution is 5.79. The van der Waals surface area contributed by atoms with Crippen LogP contribution in [0.5, 0.6) is 0 Å². The quantitative estimate of drug-likeness (QED) is 0.882. The van der Waals surface area contributed by atoms with Gasteiger partial charge in [-0.2, -0.15) is 0 Å². The van der Waals surface area contributed by atoms with Crippen molar-refractivity contribution >= 4 is 10.9 Å². The number of aryl methyl sites for hydroxylation is 1. The summed E-state index contributed by atoms with van der Waals surface area (Å²) in [5.41, 5.74) is 2.90. The SMILES string of the molecule is Cc1ccc2cc(CNCC(F)F)ccc2n1. The molecule has 0 unspecified atom stereocenters. The van der Waals surface area contributed by atoms with Gasteiger partial charge in [0.05, 0.1) is 12.1 Å². The highest BCUT2D eigenvalue weighted by atomic mass is 19.3. The van der Waals surface area contributed by atoms with Gasteiger partial charge in [-0.3, -0.25) is 4.98 Å². The van der Waals surface area contributed by atoms with Crippen molar-refractivity contribution in [3.8, 4) is 0 Å². The molecule has 90 valence electrons. The zero-order valence-electron chi connectivity index (χ0n) is 9.58. The van der Waals surface area contributed by atoms with Crippen LogP contribution in [-0.2, 0) is 6.54 Å². The summed E-state index contributed by atoms with van der Waals surface area (Å²) in [5.74, 6) is 0. The number of nitrogens with zero attached hydrogens (tertiary/aromatic N) is 1. The van der Waals surface area contributed by atoms with Gasteiger partial charge in [0.15, 0.2) is 0 Å². The van der Waals surface area contributed by atoms with Gasteiger partial charge in [0.1, 0.15) is 0 Å². The Hall–Kier alpha value is -1.55. The Bertz CT molecular complexity index is 512. The highest BCUT2D eigenvalue weighted by Crippen LogP contribution is 2.14. The summed E-state index contributed by atoms with van der Waals surface area (Å²) in [5, 5.41) is 3.74. The van der Waals surface area contributed by atoms with E-state index in [1.807, 2.05) is 37.3 Å². The second kappa shape index (κ2) is 5.19. The zero-order chi connectivity index (χ0) is 12.3. The van der Waals surface area contributed by atoms with E-state index in [0.29, 0.717) is 6.54 Å². The van der Waals surface area contributed by atoms with Crippen LogP contribution in [0.15, 0.2) is 30.3 Å². The lowest BCUT2D eigenvalue weighted by Gasteiger charge is -2.05. The number of aromatic nitrogens is 1. The first-order valence-electron chi connectivity index (χ1n) is 5.50. The average Bonchev–Trinajstić information content (AvgIpc) is 2.29. The van der Waals surface area contributed by atoms with E-state index in [1.54, 1.807) is 0 Å². The molecule has 0 spiro atoms. The van der Waals surface area contributed by atoms with E-state index in [2.05, 4.69) is 10.3 Å². The third-order valence-corrected chi connectivity index (χ3v) is 2.52. The summed E-state index contributed by atoms with van der Waals surface area (Å²) in [6, 6.07) is 9.74. The number of rotatable bonds is 4. The maximum Gasteiger partial charge on any atom is 0.250 e. The van der Waals surface area contributed by atoms with Crippen LogP contribution in [0.1, 0.15) is 11.3 Å². The highest BCUT2D eigenvalue weighted by Gasteiger charge is 2.02. The number of alkyl halides is 2. The van der Waals surface area contributed by atoms with E-state index in [9.17, 15) is 8.78 Å². The molecule has 0 radical (unpaired) electrons. The van der Waals surface area contributed by atoms with Crippen LogP contribution in [0.3, 0.4) is 0 Å². The third-order valence-electron chi connectivity index (χ3n) is 2.52. The van der Waals surface area contributed by atoms with Crippen molar-refractivity contribution in [3.63, 3.8) is 0 Å². The number of fused-ring (bicyclic) bond motifs is 1. The molecule has 2 aromatic rings. The van der Waals surface area contributed by atoms with Gasteiger partial charge in [-0.25, -0.2) is 8.78 Å². The molecule has 0 atom stereocenters. The molecule has 1 aromatic carbocycles. The fraction of sp³-hybridized carbons (Fsp3) is 0.308. The fourth-order valence-corrected chi connectivity index (χ4v) is 1.71. The minimum absolute atomic E-state index is 0.274. The number of nitrogens with one attached hydrogen (secondary N) is 1. The minimum Gasteiger partial charge on any atom is -0.307 e. The second-order valence-corrected chi connectivity index (χ2v) is 4.00. The maximum absolute atomic E-state index is 12.0. The molecule has 2 nitrogen and oxygen atoms in total. The maximum atomic E-state index is 12.0. The number of pyridine rings is 1. The summed E-state index contributed by atoms with van der Waals surface area (Å²) >= 11 is 0. The van der Waals surface area contributed by atoms with Crippen molar-refractivity contribution in [1.82, 2.24) is 10.3 Å². The van der Waals surface area contributed by atoms with Crippen LogP contribution in [0, 0.1) is 6.92 Å². The fourth-order valence-electron chi connectivity index (χ4n) is 1.71. The zero-order valence-corrected chi connectivity index (χ0v) is 9.58. The Morgan fingerprint density at radius 1 is 1.24 bits per heavy atom. The summed E-state index contributed by atoms with van der Waals surface area (Å²) in [7, 11) is 0. The smallest absolute Gasteiger partial charge is 0.250 e. The predicted octanol–water partition coefficient (Wildman–Crippen LogP) is 2.90. The van der Waals surface area contributed by atoms with Gasteiger partial charge in [0.2, 0.25) is 0 Å². The van der Waals surface area contributed by atoms with Crippen LogP contribution >= 0.6 is 0 Å². The molecule has 0 aliphatic carbocycles. The molecule has 0 saturated carbocycles. The molecule has 0 saturated heterocycles. The molecule has 4 heteroatoms. The summed E-state index contributed by atoms with van der Waals surface area (Å²) in [4.78, 5) is 4.38. The van der Waals surface area contributed by atoms with E-state index < -0.39 is 6.43 Å². The Labute approximate surface area is 98.7 Å². The first-order chi connectivity index (χ1) is 8.15. The number of halogens is 2. The first kappa shape index (κ1) is 11.9. The largest absolute Gasteiger partial charge is 0.307 e.